The maximum absolute atomic E-state index is 13.1. The second kappa shape index (κ2) is 5.69. The first kappa shape index (κ1) is 15.0. The van der Waals surface area contributed by atoms with Crippen molar-refractivity contribution in [2.45, 2.75) is 43.9 Å². The zero-order valence-electron chi connectivity index (χ0n) is 11.6. The smallest absolute Gasteiger partial charge is 0.380 e. The lowest BCUT2D eigenvalue weighted by Crippen LogP contribution is -2.41. The van der Waals surface area contributed by atoms with Gasteiger partial charge in [0, 0.05) is 29.3 Å². The molecule has 1 aromatic carbocycles. The SMILES string of the molecule is FC(F)(F)c1cc(Cl)ccc1NC1CCN2CCCCC12. The second-order valence-corrected chi connectivity index (χ2v) is 6.26. The Bertz CT molecular complexity index is 518. The standard InChI is InChI=1S/C15H18ClF3N2/c16-10-4-5-12(11(9-10)15(17,18)19)20-13-6-8-21-7-2-1-3-14(13)21/h4-5,9,13-14,20H,1-3,6-8H2. The third kappa shape index (κ3) is 3.14. The molecular weight excluding hydrogens is 301 g/mol. The minimum absolute atomic E-state index is 0.0903. The topological polar surface area (TPSA) is 15.3 Å². The first-order valence-corrected chi connectivity index (χ1v) is 7.70. The van der Waals surface area contributed by atoms with Gasteiger partial charge in [-0.05, 0) is 44.0 Å². The van der Waals surface area contributed by atoms with Gasteiger partial charge in [-0.3, -0.25) is 4.90 Å². The van der Waals surface area contributed by atoms with Gasteiger partial charge in [0.1, 0.15) is 0 Å². The zero-order valence-corrected chi connectivity index (χ0v) is 12.3. The van der Waals surface area contributed by atoms with Gasteiger partial charge in [0.25, 0.3) is 0 Å². The summed E-state index contributed by atoms with van der Waals surface area (Å²) in [4.78, 5) is 2.39. The lowest BCUT2D eigenvalue weighted by molar-refractivity contribution is -0.137. The van der Waals surface area contributed by atoms with Crippen LogP contribution in [0.3, 0.4) is 0 Å². The van der Waals surface area contributed by atoms with Gasteiger partial charge in [-0.2, -0.15) is 13.2 Å². The Kier molecular flexibility index (Phi) is 4.06. The van der Waals surface area contributed by atoms with Crippen molar-refractivity contribution >= 4 is 17.3 Å². The highest BCUT2D eigenvalue weighted by Gasteiger charge is 2.38. The van der Waals surface area contributed by atoms with Crippen molar-refractivity contribution in [2.75, 3.05) is 18.4 Å². The quantitative estimate of drug-likeness (QED) is 0.869. The van der Waals surface area contributed by atoms with Crippen LogP contribution in [-0.4, -0.2) is 30.1 Å². The molecule has 0 amide bonds. The van der Waals surface area contributed by atoms with Crippen LogP contribution < -0.4 is 5.32 Å². The van der Waals surface area contributed by atoms with Gasteiger partial charge in [-0.15, -0.1) is 0 Å². The highest BCUT2D eigenvalue weighted by atomic mass is 35.5. The molecule has 1 N–H and O–H groups in total. The molecule has 6 heteroatoms. The molecule has 2 nitrogen and oxygen atoms in total. The van der Waals surface area contributed by atoms with Crippen LogP contribution in [0.15, 0.2) is 18.2 Å². The number of nitrogens with zero attached hydrogens (tertiary/aromatic N) is 1. The molecule has 2 aliphatic heterocycles. The summed E-state index contributed by atoms with van der Waals surface area (Å²) in [7, 11) is 0. The predicted molar refractivity (Wildman–Crippen MR) is 77.7 cm³/mol. The van der Waals surface area contributed by atoms with Crippen LogP contribution in [0.1, 0.15) is 31.2 Å². The average molecular weight is 319 g/mol. The molecule has 116 valence electrons. The molecule has 0 bridgehead atoms. The Balaban J connectivity index is 1.82. The van der Waals surface area contributed by atoms with E-state index in [1.807, 2.05) is 0 Å². The Morgan fingerprint density at radius 3 is 2.71 bits per heavy atom. The van der Waals surface area contributed by atoms with Crippen LogP contribution in [-0.2, 0) is 6.18 Å². The van der Waals surface area contributed by atoms with Crippen molar-refractivity contribution in [1.29, 1.82) is 0 Å². The molecule has 21 heavy (non-hydrogen) atoms. The van der Waals surface area contributed by atoms with E-state index in [0.717, 1.165) is 38.4 Å². The number of anilines is 1. The van der Waals surface area contributed by atoms with Gasteiger partial charge in [-0.25, -0.2) is 0 Å². The van der Waals surface area contributed by atoms with Gasteiger partial charge in [0.2, 0.25) is 0 Å². The first-order valence-electron chi connectivity index (χ1n) is 7.32. The van der Waals surface area contributed by atoms with Crippen molar-refractivity contribution in [3.05, 3.63) is 28.8 Å². The van der Waals surface area contributed by atoms with E-state index in [1.54, 1.807) is 0 Å². The maximum Gasteiger partial charge on any atom is 0.418 e. The molecule has 0 aliphatic carbocycles. The van der Waals surface area contributed by atoms with E-state index < -0.39 is 11.7 Å². The summed E-state index contributed by atoms with van der Waals surface area (Å²) in [6.45, 7) is 2.03. The summed E-state index contributed by atoms with van der Waals surface area (Å²) in [6, 6.07) is 4.39. The fourth-order valence-corrected chi connectivity index (χ4v) is 3.66. The van der Waals surface area contributed by atoms with Crippen molar-refractivity contribution < 1.29 is 13.2 Å². The molecule has 1 aromatic rings. The van der Waals surface area contributed by atoms with Gasteiger partial charge >= 0.3 is 6.18 Å². The van der Waals surface area contributed by atoms with Gasteiger partial charge in [0.15, 0.2) is 0 Å². The molecule has 2 heterocycles. The monoisotopic (exact) mass is 318 g/mol. The first-order chi connectivity index (χ1) is 9.95. The fraction of sp³-hybridized carbons (Fsp3) is 0.600. The normalized spacial score (nSPS) is 26.7. The van der Waals surface area contributed by atoms with Crippen molar-refractivity contribution in [3.8, 4) is 0 Å². The van der Waals surface area contributed by atoms with Gasteiger partial charge < -0.3 is 5.32 Å². The number of alkyl halides is 3. The Morgan fingerprint density at radius 2 is 1.95 bits per heavy atom. The van der Waals surface area contributed by atoms with Gasteiger partial charge in [-0.1, -0.05) is 18.0 Å². The van der Waals surface area contributed by atoms with Crippen LogP contribution in [0.4, 0.5) is 18.9 Å². The number of piperidine rings is 1. The van der Waals surface area contributed by atoms with E-state index in [9.17, 15) is 13.2 Å². The minimum Gasteiger partial charge on any atom is -0.380 e. The van der Waals surface area contributed by atoms with Gasteiger partial charge in [0.05, 0.1) is 5.56 Å². The molecule has 2 fully saturated rings. The lowest BCUT2D eigenvalue weighted by atomic mass is 9.98. The Hall–Kier alpha value is -0.940. The molecule has 2 atom stereocenters. The molecular formula is C15H18ClF3N2. The second-order valence-electron chi connectivity index (χ2n) is 5.83. The highest BCUT2D eigenvalue weighted by molar-refractivity contribution is 6.30. The third-order valence-corrected chi connectivity index (χ3v) is 4.72. The summed E-state index contributed by atoms with van der Waals surface area (Å²) in [6.07, 6.45) is -0.0840. The van der Waals surface area contributed by atoms with Crippen molar-refractivity contribution in [2.24, 2.45) is 0 Å². The third-order valence-electron chi connectivity index (χ3n) is 4.48. The molecule has 2 saturated heterocycles. The highest BCUT2D eigenvalue weighted by Crippen LogP contribution is 2.38. The molecule has 0 saturated carbocycles. The van der Waals surface area contributed by atoms with E-state index in [4.69, 9.17) is 11.6 Å². The zero-order chi connectivity index (χ0) is 15.0. The van der Waals surface area contributed by atoms with Crippen LogP contribution in [0.5, 0.6) is 0 Å². The maximum atomic E-state index is 13.1. The van der Waals surface area contributed by atoms with E-state index in [1.165, 1.54) is 18.6 Å². The summed E-state index contributed by atoms with van der Waals surface area (Å²) < 4.78 is 39.4. The molecule has 2 unspecified atom stereocenters. The van der Waals surface area contributed by atoms with E-state index >= 15 is 0 Å². The Labute approximate surface area is 127 Å². The lowest BCUT2D eigenvalue weighted by Gasteiger charge is -2.33. The number of hydrogen-bond acceptors (Lipinski definition) is 2. The Morgan fingerprint density at radius 1 is 1.14 bits per heavy atom. The van der Waals surface area contributed by atoms with E-state index in [0.29, 0.717) is 6.04 Å². The molecule has 3 rings (SSSR count). The number of nitrogens with one attached hydrogen (secondary N) is 1. The van der Waals surface area contributed by atoms with Crippen molar-refractivity contribution in [1.82, 2.24) is 4.90 Å². The summed E-state index contributed by atoms with van der Waals surface area (Å²) in [5.41, 5.74) is -0.534. The number of halogens is 4. The summed E-state index contributed by atoms with van der Waals surface area (Å²) in [5.74, 6) is 0. The van der Waals surface area contributed by atoms with E-state index in [2.05, 4.69) is 10.2 Å². The number of benzene rings is 1. The largest absolute Gasteiger partial charge is 0.418 e. The summed E-state index contributed by atoms with van der Waals surface area (Å²) >= 11 is 5.71. The number of hydrogen-bond donors (Lipinski definition) is 1. The van der Waals surface area contributed by atoms with Crippen LogP contribution >= 0.6 is 11.6 Å². The summed E-state index contributed by atoms with van der Waals surface area (Å²) in [5, 5.41) is 3.23. The van der Waals surface area contributed by atoms with Crippen molar-refractivity contribution in [3.63, 3.8) is 0 Å². The van der Waals surface area contributed by atoms with Crippen LogP contribution in [0.25, 0.3) is 0 Å². The molecule has 0 radical (unpaired) electrons. The average Bonchev–Trinajstić information content (AvgIpc) is 2.83. The predicted octanol–water partition coefficient (Wildman–Crippen LogP) is 4.40. The minimum atomic E-state index is -4.39. The molecule has 0 spiro atoms. The van der Waals surface area contributed by atoms with Crippen LogP contribution in [0.2, 0.25) is 5.02 Å². The number of fused-ring (bicyclic) bond motifs is 1. The fourth-order valence-electron chi connectivity index (χ4n) is 3.49. The van der Waals surface area contributed by atoms with E-state index in [-0.39, 0.29) is 16.8 Å². The van der Waals surface area contributed by atoms with Crippen LogP contribution in [0, 0.1) is 0 Å². The number of rotatable bonds is 2. The molecule has 2 aliphatic rings. The molecule has 0 aromatic heterocycles.